The number of furan rings is 1. The number of nitrogens with zero attached hydrogens (tertiary/aromatic N) is 1. The zero-order valence-corrected chi connectivity index (χ0v) is 18.7. The minimum atomic E-state index is -0.240. The number of H-pyrrole nitrogens is 1. The number of carbonyl (C=O) groups is 1. The Morgan fingerprint density at radius 2 is 2.09 bits per heavy atom. The summed E-state index contributed by atoms with van der Waals surface area (Å²) in [5.74, 6) is 2.06. The number of aryl methyl sites for hydroxylation is 3. The average molecular weight is 430 g/mol. The average Bonchev–Trinajstić information content (AvgIpc) is 3.36. The molecule has 2 aromatic carbocycles. The summed E-state index contributed by atoms with van der Waals surface area (Å²) in [5, 5.41) is 3.98. The number of hydrogen-bond acceptors (Lipinski definition) is 4. The lowest BCUT2D eigenvalue weighted by Gasteiger charge is -2.15. The second-order valence-electron chi connectivity index (χ2n) is 8.32. The maximum atomic E-state index is 12.8. The third-order valence-electron chi connectivity index (χ3n) is 6.12. The Bertz CT molecular complexity index is 1330. The number of para-hydroxylation sites is 2. The second-order valence-corrected chi connectivity index (χ2v) is 8.32. The Hall–Kier alpha value is -3.54. The summed E-state index contributed by atoms with van der Waals surface area (Å²) in [6, 6.07) is 9.80. The molecular weight excluding hydrogens is 402 g/mol. The maximum Gasteiger partial charge on any atom is 0.250 e. The summed E-state index contributed by atoms with van der Waals surface area (Å²) in [6.07, 6.45) is 5.96. The minimum Gasteiger partial charge on any atom is -0.493 e. The van der Waals surface area contributed by atoms with Crippen molar-refractivity contribution in [1.29, 1.82) is 0 Å². The van der Waals surface area contributed by atoms with Gasteiger partial charge in [0.1, 0.15) is 17.1 Å². The zero-order valence-electron chi connectivity index (χ0n) is 18.7. The highest BCUT2D eigenvalue weighted by Gasteiger charge is 2.23. The lowest BCUT2D eigenvalue weighted by molar-refractivity contribution is -0.111. The number of aromatic nitrogens is 2. The lowest BCUT2D eigenvalue weighted by atomic mass is 9.93. The monoisotopic (exact) mass is 429 g/mol. The van der Waals surface area contributed by atoms with Gasteiger partial charge in [-0.2, -0.15) is 0 Å². The minimum absolute atomic E-state index is 0.240. The van der Waals surface area contributed by atoms with Crippen LogP contribution in [0.5, 0.6) is 5.75 Å². The van der Waals surface area contributed by atoms with Crippen LogP contribution < -0.4 is 10.1 Å². The first-order valence-corrected chi connectivity index (χ1v) is 11.2. The maximum absolute atomic E-state index is 12.8. The quantitative estimate of drug-likeness (QED) is 0.385. The molecule has 0 fully saturated rings. The van der Waals surface area contributed by atoms with Gasteiger partial charge in [0.15, 0.2) is 0 Å². The number of ether oxygens (including phenoxy) is 1. The molecule has 0 saturated heterocycles. The highest BCUT2D eigenvalue weighted by Crippen LogP contribution is 2.41. The molecule has 1 amide bonds. The number of imidazole rings is 1. The van der Waals surface area contributed by atoms with Crippen LogP contribution in [0.3, 0.4) is 0 Å². The molecule has 1 aliphatic rings. The highest BCUT2D eigenvalue weighted by atomic mass is 16.5. The Labute approximate surface area is 186 Å². The van der Waals surface area contributed by atoms with Gasteiger partial charge in [-0.3, -0.25) is 10.1 Å². The number of fused-ring (bicyclic) bond motifs is 4. The van der Waals surface area contributed by atoms with E-state index in [0.717, 1.165) is 69.5 Å². The van der Waals surface area contributed by atoms with Gasteiger partial charge in [0.2, 0.25) is 5.95 Å². The molecule has 2 heterocycles. The molecule has 0 saturated carbocycles. The van der Waals surface area contributed by atoms with Crippen LogP contribution in [0.4, 0.5) is 5.95 Å². The van der Waals surface area contributed by atoms with E-state index in [-0.39, 0.29) is 5.91 Å². The van der Waals surface area contributed by atoms with Gasteiger partial charge in [-0.05, 0) is 63.8 Å². The van der Waals surface area contributed by atoms with Crippen LogP contribution in [0.15, 0.2) is 40.8 Å². The van der Waals surface area contributed by atoms with Gasteiger partial charge in [-0.25, -0.2) is 4.98 Å². The molecule has 32 heavy (non-hydrogen) atoms. The molecule has 6 heteroatoms. The Kier molecular flexibility index (Phi) is 5.21. The van der Waals surface area contributed by atoms with Gasteiger partial charge in [-0.15, -0.1) is 0 Å². The molecule has 0 radical (unpaired) electrons. The van der Waals surface area contributed by atoms with Crippen molar-refractivity contribution in [2.75, 3.05) is 11.9 Å². The highest BCUT2D eigenvalue weighted by molar-refractivity contribution is 6.04. The molecule has 0 atom stereocenters. The standard InChI is InChI=1S/C26H27N3O3/c1-4-31-24-16(3)25-19(17-9-5-8-12-22(17)32-25)14-18(24)15(2)13-23(30)29-26-27-20-10-6-7-11-21(20)28-26/h6-7,10-11,13-14H,4-5,8-9,12H2,1-3H3,(H2,27,28,29,30)/b15-13+. The predicted octanol–water partition coefficient (Wildman–Crippen LogP) is 5.94. The van der Waals surface area contributed by atoms with Crippen LogP contribution in [0.25, 0.3) is 27.6 Å². The van der Waals surface area contributed by atoms with Crippen LogP contribution in [-0.4, -0.2) is 22.5 Å². The molecule has 164 valence electrons. The third kappa shape index (κ3) is 3.55. The Morgan fingerprint density at radius 3 is 2.91 bits per heavy atom. The van der Waals surface area contributed by atoms with Crippen LogP contribution in [0.1, 0.15) is 49.1 Å². The third-order valence-corrected chi connectivity index (χ3v) is 6.12. The number of nitrogens with one attached hydrogen (secondary N) is 2. The number of rotatable bonds is 5. The Balaban J connectivity index is 1.52. The summed E-state index contributed by atoms with van der Waals surface area (Å²) >= 11 is 0. The summed E-state index contributed by atoms with van der Waals surface area (Å²) < 4.78 is 12.3. The fourth-order valence-electron chi connectivity index (χ4n) is 4.60. The lowest BCUT2D eigenvalue weighted by Crippen LogP contribution is -2.10. The summed E-state index contributed by atoms with van der Waals surface area (Å²) in [5.41, 5.74) is 6.64. The van der Waals surface area contributed by atoms with Crippen LogP contribution >= 0.6 is 0 Å². The summed E-state index contributed by atoms with van der Waals surface area (Å²) in [4.78, 5) is 20.3. The molecular formula is C26H27N3O3. The van der Waals surface area contributed by atoms with Crippen LogP contribution in [0.2, 0.25) is 0 Å². The van der Waals surface area contributed by atoms with Gasteiger partial charge >= 0.3 is 0 Å². The number of aromatic amines is 1. The molecule has 6 nitrogen and oxygen atoms in total. The van der Waals surface area contributed by atoms with E-state index in [1.165, 1.54) is 12.0 Å². The van der Waals surface area contributed by atoms with Crippen molar-refractivity contribution >= 4 is 39.4 Å². The van der Waals surface area contributed by atoms with E-state index >= 15 is 0 Å². The normalized spacial score (nSPS) is 14.0. The van der Waals surface area contributed by atoms with E-state index in [1.54, 1.807) is 6.08 Å². The molecule has 5 rings (SSSR count). The molecule has 2 aromatic heterocycles. The van der Waals surface area contributed by atoms with Crippen LogP contribution in [-0.2, 0) is 17.6 Å². The van der Waals surface area contributed by atoms with Crippen molar-refractivity contribution < 1.29 is 13.9 Å². The summed E-state index contributed by atoms with van der Waals surface area (Å²) in [7, 11) is 0. The first-order valence-electron chi connectivity index (χ1n) is 11.2. The number of amides is 1. The van der Waals surface area contributed by atoms with E-state index in [4.69, 9.17) is 9.15 Å². The van der Waals surface area contributed by atoms with Gasteiger partial charge in [0, 0.05) is 34.6 Å². The second kappa shape index (κ2) is 8.19. The fourth-order valence-corrected chi connectivity index (χ4v) is 4.60. The fraction of sp³-hybridized carbons (Fsp3) is 0.308. The number of anilines is 1. The van der Waals surface area contributed by atoms with Gasteiger partial charge in [0.25, 0.3) is 5.91 Å². The van der Waals surface area contributed by atoms with E-state index < -0.39 is 0 Å². The molecule has 0 bridgehead atoms. The largest absolute Gasteiger partial charge is 0.493 e. The zero-order chi connectivity index (χ0) is 22.2. The van der Waals surface area contributed by atoms with Crippen molar-refractivity contribution in [2.24, 2.45) is 0 Å². The first kappa shape index (κ1) is 20.4. The summed E-state index contributed by atoms with van der Waals surface area (Å²) in [6.45, 7) is 6.48. The van der Waals surface area contributed by atoms with E-state index in [2.05, 4.69) is 21.4 Å². The predicted molar refractivity (Wildman–Crippen MR) is 127 cm³/mol. The van der Waals surface area contributed by atoms with Crippen molar-refractivity contribution in [3.05, 3.63) is 58.9 Å². The number of allylic oxidation sites excluding steroid dienone is 1. The number of carbonyl (C=O) groups excluding carboxylic acids is 1. The topological polar surface area (TPSA) is 80.1 Å². The molecule has 0 spiro atoms. The van der Waals surface area contributed by atoms with Crippen molar-refractivity contribution in [1.82, 2.24) is 9.97 Å². The first-order chi connectivity index (χ1) is 15.5. The smallest absolute Gasteiger partial charge is 0.250 e. The van der Waals surface area contributed by atoms with Gasteiger partial charge in [0.05, 0.1) is 17.6 Å². The van der Waals surface area contributed by atoms with E-state index in [0.29, 0.717) is 12.6 Å². The van der Waals surface area contributed by atoms with Crippen LogP contribution in [0, 0.1) is 6.92 Å². The molecule has 4 aromatic rings. The SMILES string of the molecule is CCOc1c(/C(C)=C/C(=O)Nc2nc3ccccc3[nH]2)cc2c3c(oc2c1C)CCCC3. The number of hydrogen-bond donors (Lipinski definition) is 2. The Morgan fingerprint density at radius 1 is 1.28 bits per heavy atom. The van der Waals surface area contributed by atoms with E-state index in [9.17, 15) is 4.79 Å². The van der Waals surface area contributed by atoms with Gasteiger partial charge < -0.3 is 14.1 Å². The number of benzene rings is 2. The molecule has 0 aliphatic heterocycles. The molecule has 1 aliphatic carbocycles. The van der Waals surface area contributed by atoms with Gasteiger partial charge in [-0.1, -0.05) is 12.1 Å². The molecule has 0 unspecified atom stereocenters. The van der Waals surface area contributed by atoms with Crippen molar-refractivity contribution in [3.63, 3.8) is 0 Å². The van der Waals surface area contributed by atoms with E-state index in [1.807, 2.05) is 45.0 Å². The molecule has 2 N–H and O–H groups in total. The van der Waals surface area contributed by atoms with Crippen molar-refractivity contribution in [3.8, 4) is 5.75 Å². The van der Waals surface area contributed by atoms with Crippen molar-refractivity contribution in [2.45, 2.75) is 46.5 Å².